The van der Waals surface area contributed by atoms with Gasteiger partial charge in [0.25, 0.3) is 5.91 Å². The van der Waals surface area contributed by atoms with Crippen LogP contribution in [0.2, 0.25) is 0 Å². The summed E-state index contributed by atoms with van der Waals surface area (Å²) in [4.78, 5) is 28.2. The molecule has 0 spiro atoms. The second-order valence-electron chi connectivity index (χ2n) is 9.41. The third-order valence-electron chi connectivity index (χ3n) is 6.75. The number of hydrogen-bond acceptors (Lipinski definition) is 6. The zero-order valence-electron chi connectivity index (χ0n) is 21.2. The maximum atomic E-state index is 12.5. The topological polar surface area (TPSA) is 96.5 Å². The zero-order valence-corrected chi connectivity index (χ0v) is 21.2. The summed E-state index contributed by atoms with van der Waals surface area (Å²) in [6.45, 7) is 11.6. The second-order valence-corrected chi connectivity index (χ2v) is 9.41. The quantitative estimate of drug-likeness (QED) is 0.279. The third-order valence-corrected chi connectivity index (χ3v) is 6.75. The SMILES string of the molecule is Cc1cccc(N2CCN(CCCNC(=O)c3ccc(Cn4nc(C)c([N+](=O)[O-])c4C)cc3)CC2)c1. The fraction of sp³-hybridized carbons (Fsp3) is 0.407. The van der Waals surface area contributed by atoms with Crippen LogP contribution in [0.15, 0.2) is 48.5 Å². The molecule has 1 saturated heterocycles. The molecule has 0 bridgehead atoms. The van der Waals surface area contributed by atoms with E-state index >= 15 is 0 Å². The lowest BCUT2D eigenvalue weighted by atomic mass is 10.1. The van der Waals surface area contributed by atoms with Crippen molar-refractivity contribution >= 4 is 17.3 Å². The van der Waals surface area contributed by atoms with Crippen LogP contribution in [0.3, 0.4) is 0 Å². The van der Waals surface area contributed by atoms with E-state index < -0.39 is 4.92 Å². The molecule has 1 amide bonds. The Morgan fingerprint density at radius 2 is 1.78 bits per heavy atom. The van der Waals surface area contributed by atoms with Gasteiger partial charge in [0.2, 0.25) is 0 Å². The monoisotopic (exact) mass is 490 g/mol. The minimum Gasteiger partial charge on any atom is -0.369 e. The van der Waals surface area contributed by atoms with Crippen molar-refractivity contribution in [3.8, 4) is 0 Å². The van der Waals surface area contributed by atoms with Crippen LogP contribution in [0.4, 0.5) is 11.4 Å². The number of piperazine rings is 1. The molecule has 190 valence electrons. The predicted octanol–water partition coefficient (Wildman–Crippen LogP) is 3.71. The van der Waals surface area contributed by atoms with Gasteiger partial charge in [0, 0.05) is 44.0 Å². The number of amides is 1. The van der Waals surface area contributed by atoms with E-state index in [4.69, 9.17) is 0 Å². The summed E-state index contributed by atoms with van der Waals surface area (Å²) in [6, 6.07) is 16.0. The summed E-state index contributed by atoms with van der Waals surface area (Å²) < 4.78 is 1.63. The third kappa shape index (κ3) is 6.09. The number of nitro groups is 1. The minimum absolute atomic E-state index is 0.0548. The highest BCUT2D eigenvalue weighted by atomic mass is 16.6. The maximum absolute atomic E-state index is 12.5. The Labute approximate surface area is 211 Å². The molecular weight excluding hydrogens is 456 g/mol. The molecule has 4 rings (SSSR count). The molecule has 0 atom stereocenters. The number of nitrogens with zero attached hydrogens (tertiary/aromatic N) is 5. The first-order valence-corrected chi connectivity index (χ1v) is 12.4. The molecule has 1 N–H and O–H groups in total. The molecule has 0 saturated carbocycles. The number of aromatic nitrogens is 2. The molecule has 0 radical (unpaired) electrons. The van der Waals surface area contributed by atoms with Crippen LogP contribution in [0, 0.1) is 30.9 Å². The van der Waals surface area contributed by atoms with Gasteiger partial charge >= 0.3 is 5.69 Å². The largest absolute Gasteiger partial charge is 0.369 e. The first-order valence-electron chi connectivity index (χ1n) is 12.4. The van der Waals surface area contributed by atoms with Crippen LogP contribution >= 0.6 is 0 Å². The molecule has 2 aromatic carbocycles. The molecule has 2 heterocycles. The Morgan fingerprint density at radius 1 is 1.06 bits per heavy atom. The normalized spacial score (nSPS) is 14.1. The van der Waals surface area contributed by atoms with E-state index in [2.05, 4.69) is 51.4 Å². The lowest BCUT2D eigenvalue weighted by Crippen LogP contribution is -2.47. The fourth-order valence-electron chi connectivity index (χ4n) is 4.70. The van der Waals surface area contributed by atoms with E-state index in [0.29, 0.717) is 30.0 Å². The van der Waals surface area contributed by atoms with Crippen molar-refractivity contribution in [1.29, 1.82) is 0 Å². The summed E-state index contributed by atoms with van der Waals surface area (Å²) in [6.07, 6.45) is 0.908. The summed E-state index contributed by atoms with van der Waals surface area (Å²) in [5, 5.41) is 18.5. The van der Waals surface area contributed by atoms with E-state index in [9.17, 15) is 14.9 Å². The van der Waals surface area contributed by atoms with Crippen LogP contribution in [0.5, 0.6) is 0 Å². The van der Waals surface area contributed by atoms with Crippen molar-refractivity contribution in [3.63, 3.8) is 0 Å². The molecule has 36 heavy (non-hydrogen) atoms. The van der Waals surface area contributed by atoms with Crippen LogP contribution in [0.25, 0.3) is 0 Å². The van der Waals surface area contributed by atoms with E-state index in [1.165, 1.54) is 11.3 Å². The molecule has 9 heteroatoms. The first-order chi connectivity index (χ1) is 17.3. The van der Waals surface area contributed by atoms with E-state index in [1.54, 1.807) is 30.7 Å². The van der Waals surface area contributed by atoms with E-state index in [1.807, 2.05) is 12.1 Å². The van der Waals surface area contributed by atoms with Gasteiger partial charge in [0.1, 0.15) is 11.4 Å². The van der Waals surface area contributed by atoms with Gasteiger partial charge in [0.05, 0.1) is 11.5 Å². The Bertz CT molecular complexity index is 1210. The van der Waals surface area contributed by atoms with Crippen molar-refractivity contribution < 1.29 is 9.72 Å². The summed E-state index contributed by atoms with van der Waals surface area (Å²) in [7, 11) is 0. The number of aryl methyl sites for hydroxylation is 2. The smallest absolute Gasteiger partial charge is 0.312 e. The van der Waals surface area contributed by atoms with Crippen molar-refractivity contribution in [2.24, 2.45) is 0 Å². The summed E-state index contributed by atoms with van der Waals surface area (Å²) in [5.41, 5.74) is 5.09. The Morgan fingerprint density at radius 3 is 2.42 bits per heavy atom. The highest BCUT2D eigenvalue weighted by molar-refractivity contribution is 5.94. The predicted molar refractivity (Wildman–Crippen MR) is 141 cm³/mol. The van der Waals surface area contributed by atoms with Crippen LogP contribution in [-0.2, 0) is 6.54 Å². The van der Waals surface area contributed by atoms with Gasteiger partial charge in [0.15, 0.2) is 0 Å². The molecule has 1 aromatic heterocycles. The minimum atomic E-state index is -0.396. The Kier molecular flexibility index (Phi) is 8.00. The van der Waals surface area contributed by atoms with Crippen LogP contribution in [0.1, 0.15) is 39.3 Å². The number of carbonyl (C=O) groups excluding carboxylic acids is 1. The lowest BCUT2D eigenvalue weighted by molar-refractivity contribution is -0.386. The van der Waals surface area contributed by atoms with E-state index in [0.717, 1.165) is 44.7 Å². The molecule has 1 aliphatic heterocycles. The van der Waals surface area contributed by atoms with Gasteiger partial charge in [-0.3, -0.25) is 24.5 Å². The number of hydrogen-bond donors (Lipinski definition) is 1. The number of benzene rings is 2. The zero-order chi connectivity index (χ0) is 25.7. The molecule has 9 nitrogen and oxygen atoms in total. The van der Waals surface area contributed by atoms with Gasteiger partial charge < -0.3 is 10.2 Å². The van der Waals surface area contributed by atoms with Crippen molar-refractivity contribution in [3.05, 3.63) is 86.7 Å². The Hall–Kier alpha value is -3.72. The fourth-order valence-corrected chi connectivity index (χ4v) is 4.70. The molecule has 3 aromatic rings. The van der Waals surface area contributed by atoms with Gasteiger partial charge in [-0.1, -0.05) is 24.3 Å². The first kappa shape index (κ1) is 25.4. The standard InChI is InChI=1S/C27H34N6O3/c1-20-6-4-7-25(18-20)31-16-14-30(15-17-31)13-5-12-28-27(34)24-10-8-23(9-11-24)19-32-22(3)26(33(35)36)21(2)29-32/h4,6-11,18H,5,12-17,19H2,1-3H3,(H,28,34). The highest BCUT2D eigenvalue weighted by Gasteiger charge is 2.22. The van der Waals surface area contributed by atoms with Crippen molar-refractivity contribution in [2.45, 2.75) is 33.7 Å². The molecule has 1 fully saturated rings. The van der Waals surface area contributed by atoms with Crippen LogP contribution in [-0.4, -0.2) is 64.8 Å². The average Bonchev–Trinajstić information content (AvgIpc) is 3.15. The number of anilines is 1. The second kappa shape index (κ2) is 11.3. The van der Waals surface area contributed by atoms with Crippen molar-refractivity contribution in [2.75, 3.05) is 44.2 Å². The van der Waals surface area contributed by atoms with Gasteiger partial charge in [-0.05, 0) is 69.1 Å². The lowest BCUT2D eigenvalue weighted by Gasteiger charge is -2.36. The highest BCUT2D eigenvalue weighted by Crippen LogP contribution is 2.22. The molecule has 0 unspecified atom stereocenters. The van der Waals surface area contributed by atoms with Gasteiger partial charge in [-0.2, -0.15) is 5.10 Å². The molecule has 0 aliphatic carbocycles. The summed E-state index contributed by atoms with van der Waals surface area (Å²) in [5.74, 6) is -0.0902. The molecule has 1 aliphatic rings. The number of rotatable bonds is 9. The van der Waals surface area contributed by atoms with Crippen molar-refractivity contribution in [1.82, 2.24) is 20.0 Å². The average molecular weight is 491 g/mol. The van der Waals surface area contributed by atoms with E-state index in [-0.39, 0.29) is 11.6 Å². The van der Waals surface area contributed by atoms with Gasteiger partial charge in [-0.25, -0.2) is 0 Å². The molecular formula is C27H34N6O3. The Balaban J connectivity index is 1.19. The maximum Gasteiger partial charge on any atom is 0.312 e. The van der Waals surface area contributed by atoms with Gasteiger partial charge in [-0.15, -0.1) is 0 Å². The number of carbonyl (C=O) groups is 1. The number of nitrogens with one attached hydrogen (secondary N) is 1. The summed E-state index contributed by atoms with van der Waals surface area (Å²) >= 11 is 0. The van der Waals surface area contributed by atoms with Crippen LogP contribution < -0.4 is 10.2 Å².